The van der Waals surface area contributed by atoms with Crippen LogP contribution in [0.5, 0.6) is 11.5 Å². The highest BCUT2D eigenvalue weighted by atomic mass is 35.5. The molecule has 0 aromatic heterocycles. The van der Waals surface area contributed by atoms with Crippen molar-refractivity contribution < 1.29 is 14.4 Å². The third-order valence-electron chi connectivity index (χ3n) is 3.24. The maximum absolute atomic E-state index is 11.1. The Bertz CT molecular complexity index is 482. The number of unbranched alkanes of at least 4 members (excludes halogenated alkanes) is 2. The van der Waals surface area contributed by atoms with Crippen LogP contribution in [0.15, 0.2) is 12.1 Å². The second-order valence-corrected chi connectivity index (χ2v) is 4.62. The summed E-state index contributed by atoms with van der Waals surface area (Å²) in [4.78, 5) is 10.7. The number of benzene rings is 1. The van der Waals surface area contributed by atoms with Gasteiger partial charge in [0.2, 0.25) is 6.79 Å². The van der Waals surface area contributed by atoms with Crippen LogP contribution >= 0.6 is 12.4 Å². The summed E-state index contributed by atoms with van der Waals surface area (Å²) >= 11 is 0. The largest absolute Gasteiger partial charge is 0.454 e. The number of halogens is 1. The number of ether oxygens (including phenoxy) is 2. The van der Waals surface area contributed by atoms with E-state index in [0.29, 0.717) is 17.1 Å². The van der Waals surface area contributed by atoms with Crippen LogP contribution < -0.4 is 15.2 Å². The molecule has 1 aliphatic heterocycles. The number of nitrogens with two attached hydrogens (primary N) is 1. The van der Waals surface area contributed by atoms with Crippen LogP contribution in [0.25, 0.3) is 0 Å². The first-order valence-electron chi connectivity index (χ1n) is 6.47. The van der Waals surface area contributed by atoms with Crippen LogP contribution in [0.3, 0.4) is 0 Å². The molecular weight excluding hydrogens is 284 g/mol. The fourth-order valence-corrected chi connectivity index (χ4v) is 2.17. The Morgan fingerprint density at radius 3 is 2.60 bits per heavy atom. The number of fused-ring (bicyclic) bond motifs is 1. The van der Waals surface area contributed by atoms with Gasteiger partial charge < -0.3 is 15.2 Å². The van der Waals surface area contributed by atoms with Crippen molar-refractivity contribution in [2.45, 2.75) is 38.6 Å². The molecule has 1 aliphatic rings. The lowest BCUT2D eigenvalue weighted by atomic mass is 9.99. The molecule has 0 saturated carbocycles. The minimum Gasteiger partial charge on any atom is -0.454 e. The van der Waals surface area contributed by atoms with Crippen LogP contribution in [-0.2, 0) is 0 Å². The average Bonchev–Trinajstić information content (AvgIpc) is 2.84. The molecule has 1 aromatic carbocycles. The predicted molar refractivity (Wildman–Crippen MR) is 77.5 cm³/mol. The van der Waals surface area contributed by atoms with Gasteiger partial charge in [-0.25, -0.2) is 0 Å². The second kappa shape index (κ2) is 7.31. The molecule has 6 nitrogen and oxygen atoms in total. The van der Waals surface area contributed by atoms with Gasteiger partial charge in [0.15, 0.2) is 11.5 Å². The number of nitro groups is 1. The number of nitrogens with zero attached hydrogens (tertiary/aromatic N) is 1. The SMILES string of the molecule is CCCCC[C@@H](N)c1cc2c(cc1[N+](=O)[O-])OCO2.Cl. The molecule has 0 amide bonds. The molecule has 0 spiro atoms. The zero-order chi connectivity index (χ0) is 13.8. The van der Waals surface area contributed by atoms with Crippen molar-refractivity contribution in [3.8, 4) is 11.5 Å². The topological polar surface area (TPSA) is 87.6 Å². The van der Waals surface area contributed by atoms with Gasteiger partial charge in [0.05, 0.1) is 16.6 Å². The molecule has 0 aliphatic carbocycles. The normalized spacial score (nSPS) is 13.7. The van der Waals surface area contributed by atoms with E-state index >= 15 is 0 Å². The molecule has 112 valence electrons. The molecule has 1 heterocycles. The van der Waals surface area contributed by atoms with Gasteiger partial charge in [0, 0.05) is 6.04 Å². The zero-order valence-corrected chi connectivity index (χ0v) is 12.1. The van der Waals surface area contributed by atoms with Gasteiger partial charge in [-0.2, -0.15) is 0 Å². The van der Waals surface area contributed by atoms with E-state index < -0.39 is 4.92 Å². The fraction of sp³-hybridized carbons (Fsp3) is 0.538. The van der Waals surface area contributed by atoms with E-state index in [0.717, 1.165) is 25.7 Å². The van der Waals surface area contributed by atoms with Crippen molar-refractivity contribution in [1.29, 1.82) is 0 Å². The van der Waals surface area contributed by atoms with Crippen LogP contribution in [0.1, 0.15) is 44.2 Å². The van der Waals surface area contributed by atoms with Crippen molar-refractivity contribution in [2.24, 2.45) is 5.73 Å². The second-order valence-electron chi connectivity index (χ2n) is 4.62. The Morgan fingerprint density at radius 1 is 1.35 bits per heavy atom. The van der Waals surface area contributed by atoms with Crippen molar-refractivity contribution in [3.05, 3.63) is 27.8 Å². The summed E-state index contributed by atoms with van der Waals surface area (Å²) in [6.45, 7) is 2.20. The molecule has 20 heavy (non-hydrogen) atoms. The van der Waals surface area contributed by atoms with Gasteiger partial charge in [-0.15, -0.1) is 12.4 Å². The quantitative estimate of drug-likeness (QED) is 0.495. The van der Waals surface area contributed by atoms with E-state index in [4.69, 9.17) is 15.2 Å². The smallest absolute Gasteiger partial charge is 0.278 e. The van der Waals surface area contributed by atoms with E-state index in [9.17, 15) is 10.1 Å². The van der Waals surface area contributed by atoms with Gasteiger partial charge >= 0.3 is 0 Å². The van der Waals surface area contributed by atoms with Crippen LogP contribution in [0, 0.1) is 10.1 Å². The molecule has 1 atom stereocenters. The van der Waals surface area contributed by atoms with Gasteiger partial charge in [-0.05, 0) is 12.5 Å². The lowest BCUT2D eigenvalue weighted by Gasteiger charge is -2.12. The van der Waals surface area contributed by atoms with E-state index in [1.54, 1.807) is 6.07 Å². The van der Waals surface area contributed by atoms with Crippen molar-refractivity contribution >= 4 is 18.1 Å². The number of hydrogen-bond acceptors (Lipinski definition) is 5. The molecule has 0 bridgehead atoms. The lowest BCUT2D eigenvalue weighted by Crippen LogP contribution is -2.12. The maximum Gasteiger partial charge on any atom is 0.278 e. The summed E-state index contributed by atoms with van der Waals surface area (Å²) < 4.78 is 10.4. The van der Waals surface area contributed by atoms with Gasteiger partial charge in [0.25, 0.3) is 5.69 Å². The third kappa shape index (κ3) is 3.52. The predicted octanol–water partition coefficient (Wildman–Crippen LogP) is 3.33. The summed E-state index contributed by atoms with van der Waals surface area (Å²) in [5.41, 5.74) is 6.59. The molecule has 0 unspecified atom stereocenters. The van der Waals surface area contributed by atoms with E-state index in [-0.39, 0.29) is 30.9 Å². The van der Waals surface area contributed by atoms with E-state index in [1.807, 2.05) is 0 Å². The minimum absolute atomic E-state index is 0. The van der Waals surface area contributed by atoms with E-state index in [2.05, 4.69) is 6.92 Å². The number of nitro benzene ring substituents is 1. The monoisotopic (exact) mass is 302 g/mol. The van der Waals surface area contributed by atoms with E-state index in [1.165, 1.54) is 6.07 Å². The highest BCUT2D eigenvalue weighted by Gasteiger charge is 2.26. The summed E-state index contributed by atoms with van der Waals surface area (Å²) in [5, 5.41) is 11.1. The Hall–Kier alpha value is -1.53. The lowest BCUT2D eigenvalue weighted by molar-refractivity contribution is -0.385. The molecular formula is C13H19ClN2O4. The minimum atomic E-state index is -0.420. The first-order chi connectivity index (χ1) is 9.13. The molecule has 0 fully saturated rings. The van der Waals surface area contributed by atoms with Gasteiger partial charge in [-0.1, -0.05) is 26.2 Å². The van der Waals surface area contributed by atoms with Crippen molar-refractivity contribution in [2.75, 3.05) is 6.79 Å². The molecule has 0 radical (unpaired) electrons. The number of hydrogen-bond donors (Lipinski definition) is 1. The summed E-state index contributed by atoms with van der Waals surface area (Å²) in [6, 6.07) is 2.69. The first-order valence-corrected chi connectivity index (χ1v) is 6.47. The Labute approximate surface area is 123 Å². The fourth-order valence-electron chi connectivity index (χ4n) is 2.17. The summed E-state index contributed by atoms with van der Waals surface area (Å²) in [6.07, 6.45) is 3.86. The maximum atomic E-state index is 11.1. The standard InChI is InChI=1S/C13H18N2O4.ClH/c1-2-3-4-5-10(14)9-6-12-13(19-8-18-12)7-11(9)15(16)17;/h6-7,10H,2-5,8,14H2,1H3;1H/t10-;/m1./s1. The highest BCUT2D eigenvalue weighted by Crippen LogP contribution is 2.40. The van der Waals surface area contributed by atoms with Crippen molar-refractivity contribution in [1.82, 2.24) is 0 Å². The van der Waals surface area contributed by atoms with Crippen LogP contribution in [-0.4, -0.2) is 11.7 Å². The Morgan fingerprint density at radius 2 is 2.00 bits per heavy atom. The van der Waals surface area contributed by atoms with Crippen LogP contribution in [0.4, 0.5) is 5.69 Å². The summed E-state index contributed by atoms with van der Waals surface area (Å²) in [5.74, 6) is 0.947. The molecule has 7 heteroatoms. The molecule has 2 N–H and O–H groups in total. The van der Waals surface area contributed by atoms with Crippen molar-refractivity contribution in [3.63, 3.8) is 0 Å². The zero-order valence-electron chi connectivity index (χ0n) is 11.3. The summed E-state index contributed by atoms with van der Waals surface area (Å²) in [7, 11) is 0. The molecule has 2 rings (SSSR count). The van der Waals surface area contributed by atoms with Crippen LogP contribution in [0.2, 0.25) is 0 Å². The molecule has 0 saturated heterocycles. The average molecular weight is 303 g/mol. The first kappa shape index (κ1) is 16.5. The Balaban J connectivity index is 0.00000200. The van der Waals surface area contributed by atoms with Gasteiger partial charge in [0.1, 0.15) is 0 Å². The highest BCUT2D eigenvalue weighted by molar-refractivity contribution is 5.85. The Kier molecular flexibility index (Phi) is 6.04. The number of rotatable bonds is 6. The third-order valence-corrected chi connectivity index (χ3v) is 3.24. The van der Waals surface area contributed by atoms with Gasteiger partial charge in [-0.3, -0.25) is 10.1 Å². The molecule has 1 aromatic rings.